The van der Waals surface area contributed by atoms with Gasteiger partial charge in [0.2, 0.25) is 11.8 Å². The van der Waals surface area contributed by atoms with Crippen molar-refractivity contribution in [3.05, 3.63) is 41.4 Å². The number of nitrogens with one attached hydrogen (secondary N) is 1. The molecule has 150 valence electrons. The summed E-state index contributed by atoms with van der Waals surface area (Å²) in [6, 6.07) is 9.17. The summed E-state index contributed by atoms with van der Waals surface area (Å²) in [6.45, 7) is 0. The van der Waals surface area contributed by atoms with E-state index in [1.165, 1.54) is 25.3 Å². The van der Waals surface area contributed by atoms with E-state index in [0.717, 1.165) is 20.9 Å². The highest BCUT2D eigenvalue weighted by Crippen LogP contribution is 2.34. The molecule has 0 spiro atoms. The van der Waals surface area contributed by atoms with Gasteiger partial charge in [0.05, 0.1) is 23.0 Å². The van der Waals surface area contributed by atoms with Crippen LogP contribution in [-0.2, 0) is 19.6 Å². The molecule has 0 atom stereocenters. The fourth-order valence-electron chi connectivity index (χ4n) is 2.99. The van der Waals surface area contributed by atoms with Crippen molar-refractivity contribution >= 4 is 65.8 Å². The Morgan fingerprint density at radius 2 is 1.86 bits per heavy atom. The summed E-state index contributed by atoms with van der Waals surface area (Å²) in [5, 5.41) is 0.674. The van der Waals surface area contributed by atoms with Gasteiger partial charge in [0.1, 0.15) is 10.6 Å². The Labute approximate surface area is 175 Å². The third-order valence-corrected chi connectivity index (χ3v) is 6.98. The van der Waals surface area contributed by atoms with Crippen LogP contribution < -0.4 is 14.4 Å². The van der Waals surface area contributed by atoms with Crippen molar-refractivity contribution in [2.24, 2.45) is 0 Å². The number of carbonyl (C=O) groups excluding carboxylic acids is 2. The van der Waals surface area contributed by atoms with Crippen LogP contribution in [-0.4, -0.2) is 32.3 Å². The molecule has 2 aromatic carbocycles. The van der Waals surface area contributed by atoms with Crippen molar-refractivity contribution in [3.63, 3.8) is 0 Å². The zero-order chi connectivity index (χ0) is 20.8. The van der Waals surface area contributed by atoms with Crippen molar-refractivity contribution in [2.75, 3.05) is 16.7 Å². The van der Waals surface area contributed by atoms with Gasteiger partial charge in [0.15, 0.2) is 5.13 Å². The Morgan fingerprint density at radius 1 is 1.14 bits per heavy atom. The number of halogens is 1. The number of rotatable bonds is 5. The minimum atomic E-state index is -4.11. The first kappa shape index (κ1) is 19.6. The zero-order valence-electron chi connectivity index (χ0n) is 15.0. The molecular formula is C18H14ClN3O5S2. The lowest BCUT2D eigenvalue weighted by Gasteiger charge is -2.17. The average Bonchev–Trinajstić information content (AvgIpc) is 3.22. The van der Waals surface area contributed by atoms with E-state index in [-0.39, 0.29) is 46.1 Å². The van der Waals surface area contributed by atoms with Crippen LogP contribution in [0.25, 0.3) is 10.2 Å². The summed E-state index contributed by atoms with van der Waals surface area (Å²) in [7, 11) is -2.78. The Kier molecular flexibility index (Phi) is 4.93. The van der Waals surface area contributed by atoms with Crippen LogP contribution >= 0.6 is 22.9 Å². The molecule has 1 aliphatic rings. The molecule has 0 radical (unpaired) electrons. The number of thiazole rings is 1. The minimum Gasteiger partial charge on any atom is -0.495 e. The second-order valence-corrected chi connectivity index (χ2v) is 9.31. The third kappa shape index (κ3) is 3.66. The predicted molar refractivity (Wildman–Crippen MR) is 110 cm³/mol. The zero-order valence-corrected chi connectivity index (χ0v) is 17.4. The minimum absolute atomic E-state index is 0.0736. The molecule has 2 amide bonds. The molecule has 0 aliphatic carbocycles. The lowest BCUT2D eigenvalue weighted by molar-refractivity contribution is -0.121. The van der Waals surface area contributed by atoms with Crippen molar-refractivity contribution < 1.29 is 22.7 Å². The molecule has 11 heteroatoms. The quantitative estimate of drug-likeness (QED) is 0.596. The molecule has 1 aliphatic heterocycles. The van der Waals surface area contributed by atoms with Crippen LogP contribution in [0.5, 0.6) is 5.75 Å². The first-order valence-corrected chi connectivity index (χ1v) is 11.1. The number of carbonyl (C=O) groups is 2. The van der Waals surface area contributed by atoms with E-state index < -0.39 is 10.0 Å². The van der Waals surface area contributed by atoms with E-state index in [2.05, 4.69) is 9.71 Å². The summed E-state index contributed by atoms with van der Waals surface area (Å²) in [4.78, 5) is 29.0. The maximum atomic E-state index is 13.0. The van der Waals surface area contributed by atoms with Gasteiger partial charge in [-0.2, -0.15) is 0 Å². The van der Waals surface area contributed by atoms with Crippen LogP contribution in [0, 0.1) is 0 Å². The van der Waals surface area contributed by atoms with Gasteiger partial charge in [0.25, 0.3) is 10.0 Å². The molecule has 0 bridgehead atoms. The normalized spacial score (nSPS) is 14.6. The second-order valence-electron chi connectivity index (χ2n) is 6.19. The Hall–Kier alpha value is -2.69. The molecular weight excluding hydrogens is 438 g/mol. The van der Waals surface area contributed by atoms with Crippen LogP contribution in [0.3, 0.4) is 0 Å². The van der Waals surface area contributed by atoms with Crippen molar-refractivity contribution in [1.29, 1.82) is 0 Å². The summed E-state index contributed by atoms with van der Waals surface area (Å²) >= 11 is 7.10. The summed E-state index contributed by atoms with van der Waals surface area (Å²) in [5.41, 5.74) is 0.779. The first-order valence-electron chi connectivity index (χ1n) is 8.41. The topological polar surface area (TPSA) is 106 Å². The molecule has 0 unspecified atom stereocenters. The highest BCUT2D eigenvalue weighted by Gasteiger charge is 2.32. The van der Waals surface area contributed by atoms with Crippen LogP contribution in [0.15, 0.2) is 41.3 Å². The fourth-order valence-corrected chi connectivity index (χ4v) is 5.56. The molecule has 4 rings (SSSR count). The van der Waals surface area contributed by atoms with E-state index in [9.17, 15) is 18.0 Å². The number of amides is 2. The van der Waals surface area contributed by atoms with Gasteiger partial charge in [-0.15, -0.1) is 0 Å². The van der Waals surface area contributed by atoms with E-state index in [4.69, 9.17) is 16.3 Å². The maximum absolute atomic E-state index is 13.0. The number of aromatic nitrogens is 1. The SMILES string of the molecule is COc1ccc(N2C(=O)CCC2=O)cc1S(=O)(=O)Nc1nc2ccc(Cl)cc2s1. The Bertz CT molecular complexity index is 1240. The van der Waals surface area contributed by atoms with E-state index in [1.54, 1.807) is 18.2 Å². The molecule has 29 heavy (non-hydrogen) atoms. The number of benzene rings is 2. The van der Waals surface area contributed by atoms with Crippen LogP contribution in [0.1, 0.15) is 12.8 Å². The van der Waals surface area contributed by atoms with Gasteiger partial charge in [-0.05, 0) is 36.4 Å². The van der Waals surface area contributed by atoms with Gasteiger partial charge in [-0.1, -0.05) is 22.9 Å². The van der Waals surface area contributed by atoms with Crippen LogP contribution in [0.2, 0.25) is 5.02 Å². The largest absolute Gasteiger partial charge is 0.495 e. The first-order chi connectivity index (χ1) is 13.8. The number of sulfonamides is 1. The molecule has 8 nitrogen and oxygen atoms in total. The molecule has 1 N–H and O–H groups in total. The third-order valence-electron chi connectivity index (χ3n) is 4.32. The number of nitrogens with zero attached hydrogens (tertiary/aromatic N) is 2. The molecule has 1 saturated heterocycles. The highest BCUT2D eigenvalue weighted by molar-refractivity contribution is 7.93. The highest BCUT2D eigenvalue weighted by atomic mass is 35.5. The standard InChI is InChI=1S/C18H14ClN3O5S2/c1-27-13-5-3-11(22-16(23)6-7-17(22)24)9-15(13)29(25,26)21-18-20-12-4-2-10(19)8-14(12)28-18/h2-5,8-9H,6-7H2,1H3,(H,20,21). The van der Waals surface area contributed by atoms with E-state index >= 15 is 0 Å². The number of hydrogen-bond donors (Lipinski definition) is 1. The number of fused-ring (bicyclic) bond motifs is 1. The lowest BCUT2D eigenvalue weighted by atomic mass is 10.2. The fraction of sp³-hybridized carbons (Fsp3) is 0.167. The molecule has 1 fully saturated rings. The van der Waals surface area contributed by atoms with Crippen LogP contribution in [0.4, 0.5) is 10.8 Å². The van der Waals surface area contributed by atoms with Gasteiger partial charge in [-0.3, -0.25) is 19.2 Å². The van der Waals surface area contributed by atoms with Crippen molar-refractivity contribution in [2.45, 2.75) is 17.7 Å². The summed E-state index contributed by atoms with van der Waals surface area (Å²) in [6.07, 6.45) is 0.193. The molecule has 3 aromatic rings. The predicted octanol–water partition coefficient (Wildman–Crippen LogP) is 3.41. The molecule has 2 heterocycles. The number of ether oxygens (including phenoxy) is 1. The van der Waals surface area contributed by atoms with Gasteiger partial charge >= 0.3 is 0 Å². The van der Waals surface area contributed by atoms with Gasteiger partial charge < -0.3 is 4.74 Å². The maximum Gasteiger partial charge on any atom is 0.267 e. The Morgan fingerprint density at radius 3 is 2.55 bits per heavy atom. The average molecular weight is 452 g/mol. The van der Waals surface area contributed by atoms with Gasteiger partial charge in [-0.25, -0.2) is 13.4 Å². The van der Waals surface area contributed by atoms with Crippen molar-refractivity contribution in [1.82, 2.24) is 4.98 Å². The number of imide groups is 1. The van der Waals surface area contributed by atoms with Gasteiger partial charge in [0, 0.05) is 17.9 Å². The number of hydrogen-bond acceptors (Lipinski definition) is 7. The van der Waals surface area contributed by atoms with Crippen molar-refractivity contribution in [3.8, 4) is 5.75 Å². The lowest BCUT2D eigenvalue weighted by Crippen LogP contribution is -2.28. The summed E-state index contributed by atoms with van der Waals surface area (Å²) in [5.74, 6) is -0.677. The van der Waals surface area contributed by atoms with E-state index in [0.29, 0.717) is 10.5 Å². The molecule has 0 saturated carbocycles. The Balaban J connectivity index is 1.73. The monoisotopic (exact) mass is 451 g/mol. The number of anilines is 2. The number of methoxy groups -OCH3 is 1. The molecule has 1 aromatic heterocycles. The summed E-state index contributed by atoms with van der Waals surface area (Å²) < 4.78 is 34.4. The van der Waals surface area contributed by atoms with E-state index in [1.807, 2.05) is 0 Å². The second kappa shape index (κ2) is 7.29. The smallest absolute Gasteiger partial charge is 0.267 e.